The topological polar surface area (TPSA) is 74.8 Å². The molecule has 0 fully saturated rings. The third-order valence-electron chi connectivity index (χ3n) is 3.96. The number of aromatic amines is 1. The van der Waals surface area contributed by atoms with E-state index < -0.39 is 0 Å². The van der Waals surface area contributed by atoms with Crippen LogP contribution in [-0.4, -0.2) is 22.4 Å². The summed E-state index contributed by atoms with van der Waals surface area (Å²) in [6.45, 7) is 0.521. The molecule has 1 amide bonds. The van der Waals surface area contributed by atoms with Gasteiger partial charge >= 0.3 is 0 Å². The first-order chi connectivity index (χ1) is 13.6. The molecule has 3 aromatic rings. The van der Waals surface area contributed by atoms with Crippen LogP contribution in [0.25, 0.3) is 0 Å². The van der Waals surface area contributed by atoms with Crippen LogP contribution in [0.4, 0.5) is 4.39 Å². The van der Waals surface area contributed by atoms with E-state index in [-0.39, 0.29) is 23.7 Å². The van der Waals surface area contributed by atoms with Gasteiger partial charge in [-0.3, -0.25) is 9.59 Å². The molecule has 3 rings (SSSR count). The molecular weight excluding hydrogens is 377 g/mol. The number of benzene rings is 2. The zero-order chi connectivity index (χ0) is 19.8. The highest BCUT2D eigenvalue weighted by molar-refractivity contribution is 7.98. The van der Waals surface area contributed by atoms with Gasteiger partial charge in [-0.05, 0) is 29.7 Å². The first-order valence-corrected chi connectivity index (χ1v) is 9.85. The lowest BCUT2D eigenvalue weighted by Crippen LogP contribution is -2.28. The molecule has 0 aliphatic carbocycles. The lowest BCUT2D eigenvalue weighted by molar-refractivity contribution is -0.120. The average Bonchev–Trinajstić information content (AvgIpc) is 2.67. The van der Waals surface area contributed by atoms with Crippen LogP contribution in [-0.2, 0) is 23.4 Å². The van der Waals surface area contributed by atoms with E-state index in [1.165, 1.54) is 30.0 Å². The fourth-order valence-corrected chi connectivity index (χ4v) is 3.48. The summed E-state index contributed by atoms with van der Waals surface area (Å²) in [5.41, 5.74) is 2.02. The molecule has 2 aromatic carbocycles. The Balaban J connectivity index is 1.53. The molecule has 0 saturated heterocycles. The van der Waals surface area contributed by atoms with Crippen molar-refractivity contribution >= 4 is 17.7 Å². The number of H-pyrrole nitrogens is 1. The number of hydrogen-bond donors (Lipinski definition) is 2. The van der Waals surface area contributed by atoms with E-state index in [1.807, 2.05) is 30.3 Å². The Morgan fingerprint density at radius 1 is 1.07 bits per heavy atom. The van der Waals surface area contributed by atoms with Gasteiger partial charge in [0, 0.05) is 18.4 Å². The zero-order valence-corrected chi connectivity index (χ0v) is 16.0. The monoisotopic (exact) mass is 397 g/mol. The first kappa shape index (κ1) is 19.8. The molecule has 2 N–H and O–H groups in total. The summed E-state index contributed by atoms with van der Waals surface area (Å²) < 4.78 is 13.2. The van der Waals surface area contributed by atoms with E-state index in [1.54, 1.807) is 12.1 Å². The summed E-state index contributed by atoms with van der Waals surface area (Å²) in [5, 5.41) is 3.25. The van der Waals surface area contributed by atoms with Crippen LogP contribution < -0.4 is 10.9 Å². The van der Waals surface area contributed by atoms with Gasteiger partial charge in [-0.2, -0.15) is 0 Å². The maximum absolute atomic E-state index is 13.2. The molecule has 144 valence electrons. The Labute approximate surface area is 166 Å². The molecule has 1 heterocycles. The summed E-state index contributed by atoms with van der Waals surface area (Å²) in [7, 11) is 0. The minimum Gasteiger partial charge on any atom is -0.355 e. The van der Waals surface area contributed by atoms with E-state index >= 15 is 0 Å². The minimum absolute atomic E-state index is 0.0340. The number of nitrogens with one attached hydrogen (secondary N) is 2. The predicted molar refractivity (Wildman–Crippen MR) is 108 cm³/mol. The van der Waals surface area contributed by atoms with Gasteiger partial charge in [-0.25, -0.2) is 9.37 Å². The quantitative estimate of drug-likeness (QED) is 0.452. The van der Waals surface area contributed by atoms with Gasteiger partial charge in [0.2, 0.25) is 5.91 Å². The fourth-order valence-electron chi connectivity index (χ4n) is 2.64. The SMILES string of the molecule is O=C(Cc1cc(=O)[nH]c(SCc2cccc(F)c2)n1)NCCc1ccccc1. The zero-order valence-electron chi connectivity index (χ0n) is 15.2. The molecule has 0 radical (unpaired) electrons. The second-order valence-corrected chi connectivity index (χ2v) is 7.19. The molecule has 1 aromatic heterocycles. The van der Waals surface area contributed by atoms with Gasteiger partial charge in [0.25, 0.3) is 5.56 Å². The van der Waals surface area contributed by atoms with Gasteiger partial charge in [0.1, 0.15) is 5.82 Å². The number of rotatable bonds is 8. The largest absolute Gasteiger partial charge is 0.355 e. The van der Waals surface area contributed by atoms with Crippen LogP contribution in [0.5, 0.6) is 0 Å². The van der Waals surface area contributed by atoms with E-state index in [9.17, 15) is 14.0 Å². The number of amides is 1. The summed E-state index contributed by atoms with van der Waals surface area (Å²) >= 11 is 1.29. The third-order valence-corrected chi connectivity index (χ3v) is 4.90. The number of thioether (sulfide) groups is 1. The number of carbonyl (C=O) groups is 1. The Morgan fingerprint density at radius 3 is 2.64 bits per heavy atom. The van der Waals surface area contributed by atoms with Crippen molar-refractivity contribution in [3.05, 3.63) is 93.7 Å². The third kappa shape index (κ3) is 6.35. The summed E-state index contributed by atoms with van der Waals surface area (Å²) in [6.07, 6.45) is 0.774. The molecule has 0 atom stereocenters. The molecule has 7 heteroatoms. The van der Waals surface area contributed by atoms with E-state index in [0.717, 1.165) is 17.5 Å². The average molecular weight is 397 g/mol. The van der Waals surface area contributed by atoms with Crippen molar-refractivity contribution in [1.82, 2.24) is 15.3 Å². The normalized spacial score (nSPS) is 10.6. The summed E-state index contributed by atoms with van der Waals surface area (Å²) in [5.74, 6) is -0.0245. The second kappa shape index (κ2) is 9.85. The van der Waals surface area contributed by atoms with Crippen LogP contribution in [0, 0.1) is 5.82 Å². The minimum atomic E-state index is -0.316. The number of carbonyl (C=O) groups excluding carboxylic acids is 1. The summed E-state index contributed by atoms with van der Waals surface area (Å²) in [4.78, 5) is 31.0. The van der Waals surface area contributed by atoms with Gasteiger partial charge in [0.05, 0.1) is 12.1 Å². The van der Waals surface area contributed by atoms with E-state index in [0.29, 0.717) is 23.1 Å². The fraction of sp³-hybridized carbons (Fsp3) is 0.190. The van der Waals surface area contributed by atoms with E-state index in [2.05, 4.69) is 15.3 Å². The van der Waals surface area contributed by atoms with Gasteiger partial charge < -0.3 is 10.3 Å². The maximum atomic E-state index is 13.2. The van der Waals surface area contributed by atoms with Crippen molar-refractivity contribution < 1.29 is 9.18 Å². The van der Waals surface area contributed by atoms with Crippen molar-refractivity contribution in [3.63, 3.8) is 0 Å². The van der Waals surface area contributed by atoms with Crippen molar-refractivity contribution in [2.24, 2.45) is 0 Å². The highest BCUT2D eigenvalue weighted by atomic mass is 32.2. The molecule has 0 aliphatic rings. The lowest BCUT2D eigenvalue weighted by Gasteiger charge is -2.07. The lowest BCUT2D eigenvalue weighted by atomic mass is 10.1. The van der Waals surface area contributed by atoms with Crippen LogP contribution in [0.2, 0.25) is 0 Å². The Hall–Kier alpha value is -2.93. The van der Waals surface area contributed by atoms with Gasteiger partial charge in [-0.1, -0.05) is 54.2 Å². The van der Waals surface area contributed by atoms with Gasteiger partial charge in [-0.15, -0.1) is 0 Å². The Kier molecular flexibility index (Phi) is 6.97. The Morgan fingerprint density at radius 2 is 1.86 bits per heavy atom. The van der Waals surface area contributed by atoms with Gasteiger partial charge in [0.15, 0.2) is 5.16 Å². The molecule has 0 aliphatic heterocycles. The number of hydrogen-bond acceptors (Lipinski definition) is 4. The highest BCUT2D eigenvalue weighted by Gasteiger charge is 2.08. The smallest absolute Gasteiger partial charge is 0.251 e. The molecule has 0 spiro atoms. The summed E-state index contributed by atoms with van der Waals surface area (Å²) in [6, 6.07) is 17.5. The van der Waals surface area contributed by atoms with Crippen molar-refractivity contribution in [3.8, 4) is 0 Å². The standard InChI is InChI=1S/C21H20FN3O2S/c22-17-8-4-7-16(11-17)14-28-21-24-18(13-20(27)25-21)12-19(26)23-10-9-15-5-2-1-3-6-15/h1-8,11,13H,9-10,12,14H2,(H,23,26)(H,24,25,27). The maximum Gasteiger partial charge on any atom is 0.251 e. The molecule has 0 unspecified atom stereocenters. The van der Waals surface area contributed by atoms with Crippen molar-refractivity contribution in [1.29, 1.82) is 0 Å². The molecule has 28 heavy (non-hydrogen) atoms. The first-order valence-electron chi connectivity index (χ1n) is 8.86. The van der Waals surface area contributed by atoms with Crippen LogP contribution in [0.1, 0.15) is 16.8 Å². The number of halogens is 1. The van der Waals surface area contributed by atoms with Crippen molar-refractivity contribution in [2.45, 2.75) is 23.8 Å². The highest BCUT2D eigenvalue weighted by Crippen LogP contribution is 2.19. The van der Waals surface area contributed by atoms with E-state index in [4.69, 9.17) is 0 Å². The van der Waals surface area contributed by atoms with Crippen molar-refractivity contribution in [2.75, 3.05) is 6.54 Å². The number of aromatic nitrogens is 2. The molecule has 0 bridgehead atoms. The predicted octanol–water partition coefficient (Wildman–Crippen LogP) is 3.10. The molecular formula is C21H20FN3O2S. The van der Waals surface area contributed by atoms with Crippen LogP contribution >= 0.6 is 11.8 Å². The Bertz CT molecular complexity index is 992. The molecule has 0 saturated carbocycles. The van der Waals surface area contributed by atoms with Crippen LogP contribution in [0.15, 0.2) is 70.6 Å². The molecule has 5 nitrogen and oxygen atoms in total. The van der Waals surface area contributed by atoms with Crippen LogP contribution in [0.3, 0.4) is 0 Å². The number of nitrogens with zero attached hydrogens (tertiary/aromatic N) is 1. The second-order valence-electron chi connectivity index (χ2n) is 6.22.